The molecule has 6 heteroatoms. The minimum absolute atomic E-state index is 0.0237. The Balaban J connectivity index is 1.65. The molecule has 0 saturated heterocycles. The van der Waals surface area contributed by atoms with Gasteiger partial charge in [-0.3, -0.25) is 4.79 Å². The molecule has 0 bridgehead atoms. The Labute approximate surface area is 183 Å². The van der Waals surface area contributed by atoms with Gasteiger partial charge in [0.1, 0.15) is 11.5 Å². The Morgan fingerprint density at radius 3 is 2.13 bits per heavy atom. The smallest absolute Gasteiger partial charge is 0.251 e. The van der Waals surface area contributed by atoms with Crippen molar-refractivity contribution in [2.75, 3.05) is 34.9 Å². The lowest BCUT2D eigenvalue weighted by molar-refractivity contribution is 0.0942. The minimum atomic E-state index is -0.140. The second-order valence-electron chi connectivity index (χ2n) is 7.24. The number of rotatable bonds is 9. The van der Waals surface area contributed by atoms with E-state index in [-0.39, 0.29) is 11.9 Å². The average molecular weight is 421 g/mol. The number of para-hydroxylation sites is 1. The van der Waals surface area contributed by atoms with Gasteiger partial charge < -0.3 is 24.4 Å². The average Bonchev–Trinajstić information content (AvgIpc) is 2.79. The van der Waals surface area contributed by atoms with Crippen LogP contribution in [0.2, 0.25) is 0 Å². The maximum atomic E-state index is 12.7. The number of likely N-dealkylation sites (N-methyl/N-ethyl adjacent to an activating group) is 1. The predicted octanol–water partition coefficient (Wildman–Crippen LogP) is 4.53. The summed E-state index contributed by atoms with van der Waals surface area (Å²) in [6.07, 6.45) is 0. The summed E-state index contributed by atoms with van der Waals surface area (Å²) in [7, 11) is 7.17. The van der Waals surface area contributed by atoms with E-state index in [0.717, 1.165) is 11.3 Å². The molecule has 162 valence electrons. The van der Waals surface area contributed by atoms with Gasteiger partial charge in [0.25, 0.3) is 5.91 Å². The zero-order valence-electron chi connectivity index (χ0n) is 18.3. The monoisotopic (exact) mass is 420 g/mol. The molecule has 0 radical (unpaired) electrons. The standard InChI is InChI=1S/C25H28N2O4/c1-27(2)22(19-12-15-23(29-3)24(16-19)30-4)17-26-25(28)18-10-13-21(14-11-18)31-20-8-6-5-7-9-20/h5-16,22H,17H2,1-4H3,(H,26,28)/t22-/m0/s1. The summed E-state index contributed by atoms with van der Waals surface area (Å²) in [5.41, 5.74) is 1.60. The van der Waals surface area contributed by atoms with Crippen LogP contribution >= 0.6 is 0 Å². The summed E-state index contributed by atoms with van der Waals surface area (Å²) in [5.74, 6) is 2.62. The Morgan fingerprint density at radius 1 is 0.871 bits per heavy atom. The summed E-state index contributed by atoms with van der Waals surface area (Å²) in [5, 5.41) is 3.02. The zero-order chi connectivity index (χ0) is 22.2. The van der Waals surface area contributed by atoms with Crippen LogP contribution in [-0.2, 0) is 0 Å². The van der Waals surface area contributed by atoms with Gasteiger partial charge in [-0.2, -0.15) is 0 Å². The molecule has 3 aromatic carbocycles. The highest BCUT2D eigenvalue weighted by Crippen LogP contribution is 2.31. The van der Waals surface area contributed by atoms with E-state index in [9.17, 15) is 4.79 Å². The van der Waals surface area contributed by atoms with Crippen LogP contribution in [-0.4, -0.2) is 45.7 Å². The van der Waals surface area contributed by atoms with Crippen molar-refractivity contribution in [2.24, 2.45) is 0 Å². The summed E-state index contributed by atoms with van der Waals surface area (Å²) in [6.45, 7) is 0.448. The molecular weight excluding hydrogens is 392 g/mol. The first-order chi connectivity index (χ1) is 15.0. The van der Waals surface area contributed by atoms with Crippen LogP contribution in [0, 0.1) is 0 Å². The lowest BCUT2D eigenvalue weighted by Gasteiger charge is -2.26. The van der Waals surface area contributed by atoms with Gasteiger partial charge in [0.15, 0.2) is 11.5 Å². The summed E-state index contributed by atoms with van der Waals surface area (Å²) < 4.78 is 16.5. The van der Waals surface area contributed by atoms with E-state index in [1.807, 2.05) is 62.6 Å². The van der Waals surface area contributed by atoms with E-state index in [1.165, 1.54) is 0 Å². The number of carbonyl (C=O) groups is 1. The molecule has 0 aliphatic carbocycles. The molecule has 31 heavy (non-hydrogen) atoms. The van der Waals surface area contributed by atoms with Gasteiger partial charge in [-0.1, -0.05) is 24.3 Å². The van der Waals surface area contributed by atoms with Gasteiger partial charge >= 0.3 is 0 Å². The SMILES string of the molecule is COc1ccc([C@H](CNC(=O)c2ccc(Oc3ccccc3)cc2)N(C)C)cc1OC. The number of nitrogens with one attached hydrogen (secondary N) is 1. The molecule has 6 nitrogen and oxygen atoms in total. The van der Waals surface area contributed by atoms with Crippen molar-refractivity contribution in [3.05, 3.63) is 83.9 Å². The van der Waals surface area contributed by atoms with E-state index in [2.05, 4.69) is 10.2 Å². The number of nitrogens with zero attached hydrogens (tertiary/aromatic N) is 1. The van der Waals surface area contributed by atoms with E-state index >= 15 is 0 Å². The largest absolute Gasteiger partial charge is 0.493 e. The molecule has 1 N–H and O–H groups in total. The number of ether oxygens (including phenoxy) is 3. The lowest BCUT2D eigenvalue weighted by atomic mass is 10.0. The van der Waals surface area contributed by atoms with Gasteiger partial charge in [-0.25, -0.2) is 0 Å². The van der Waals surface area contributed by atoms with Crippen molar-refractivity contribution in [2.45, 2.75) is 6.04 Å². The van der Waals surface area contributed by atoms with Crippen LogP contribution < -0.4 is 19.5 Å². The third-order valence-corrected chi connectivity index (χ3v) is 4.97. The molecule has 0 unspecified atom stereocenters. The Hall–Kier alpha value is -3.51. The van der Waals surface area contributed by atoms with Crippen molar-refractivity contribution < 1.29 is 19.0 Å². The fourth-order valence-corrected chi connectivity index (χ4v) is 3.25. The molecule has 3 aromatic rings. The first kappa shape index (κ1) is 22.2. The molecule has 0 heterocycles. The van der Waals surface area contributed by atoms with Crippen LogP contribution in [0.4, 0.5) is 0 Å². The highest BCUT2D eigenvalue weighted by atomic mass is 16.5. The summed E-state index contributed by atoms with van der Waals surface area (Å²) >= 11 is 0. The van der Waals surface area contributed by atoms with Gasteiger partial charge in [-0.05, 0) is 68.2 Å². The quantitative estimate of drug-likeness (QED) is 0.551. The second-order valence-corrected chi connectivity index (χ2v) is 7.24. The molecule has 1 amide bonds. The molecule has 1 atom stereocenters. The van der Waals surface area contributed by atoms with Crippen LogP contribution in [0.25, 0.3) is 0 Å². The molecule has 0 aliphatic heterocycles. The molecule has 0 aliphatic rings. The van der Waals surface area contributed by atoms with E-state index in [4.69, 9.17) is 14.2 Å². The van der Waals surface area contributed by atoms with Crippen LogP contribution in [0.1, 0.15) is 22.0 Å². The van der Waals surface area contributed by atoms with Gasteiger partial charge in [0.2, 0.25) is 0 Å². The highest BCUT2D eigenvalue weighted by molar-refractivity contribution is 5.94. The number of hydrogen-bond acceptors (Lipinski definition) is 5. The second kappa shape index (κ2) is 10.5. The number of methoxy groups -OCH3 is 2. The molecule has 0 saturated carbocycles. The van der Waals surface area contributed by atoms with Crippen molar-refractivity contribution in [3.63, 3.8) is 0 Å². The zero-order valence-corrected chi connectivity index (χ0v) is 18.3. The van der Waals surface area contributed by atoms with E-state index in [1.54, 1.807) is 38.5 Å². The van der Waals surface area contributed by atoms with Gasteiger partial charge in [0.05, 0.1) is 20.3 Å². The normalized spacial score (nSPS) is 11.6. The first-order valence-corrected chi connectivity index (χ1v) is 10.0. The van der Waals surface area contributed by atoms with Crippen LogP contribution in [0.3, 0.4) is 0 Å². The third kappa shape index (κ3) is 5.77. The Morgan fingerprint density at radius 2 is 1.52 bits per heavy atom. The van der Waals surface area contributed by atoms with Crippen molar-refractivity contribution >= 4 is 5.91 Å². The summed E-state index contributed by atoms with van der Waals surface area (Å²) in [6, 6.07) is 22.4. The number of amides is 1. The maximum Gasteiger partial charge on any atom is 0.251 e. The van der Waals surface area contributed by atoms with E-state index in [0.29, 0.717) is 29.4 Å². The third-order valence-electron chi connectivity index (χ3n) is 4.97. The number of benzene rings is 3. The topological polar surface area (TPSA) is 60.0 Å². The predicted molar refractivity (Wildman–Crippen MR) is 121 cm³/mol. The molecule has 0 aromatic heterocycles. The Bertz CT molecular complexity index is 988. The van der Waals surface area contributed by atoms with Gasteiger partial charge in [-0.15, -0.1) is 0 Å². The number of carbonyl (C=O) groups excluding carboxylic acids is 1. The highest BCUT2D eigenvalue weighted by Gasteiger charge is 2.18. The van der Waals surface area contributed by atoms with Crippen molar-refractivity contribution in [3.8, 4) is 23.0 Å². The first-order valence-electron chi connectivity index (χ1n) is 10.0. The molecule has 0 fully saturated rings. The van der Waals surface area contributed by atoms with E-state index < -0.39 is 0 Å². The Kier molecular flexibility index (Phi) is 7.51. The van der Waals surface area contributed by atoms with Crippen LogP contribution in [0.15, 0.2) is 72.8 Å². The molecular formula is C25H28N2O4. The fourth-order valence-electron chi connectivity index (χ4n) is 3.25. The maximum absolute atomic E-state index is 12.7. The van der Waals surface area contributed by atoms with Gasteiger partial charge in [0, 0.05) is 12.1 Å². The van der Waals surface area contributed by atoms with Crippen LogP contribution in [0.5, 0.6) is 23.0 Å². The van der Waals surface area contributed by atoms with Crippen molar-refractivity contribution in [1.29, 1.82) is 0 Å². The molecule has 0 spiro atoms. The minimum Gasteiger partial charge on any atom is -0.493 e. The lowest BCUT2D eigenvalue weighted by Crippen LogP contribution is -2.34. The fraction of sp³-hybridized carbons (Fsp3) is 0.240. The van der Waals surface area contributed by atoms with Crippen molar-refractivity contribution in [1.82, 2.24) is 10.2 Å². The summed E-state index contributed by atoms with van der Waals surface area (Å²) in [4.78, 5) is 14.7. The number of hydrogen-bond donors (Lipinski definition) is 1. The molecule has 3 rings (SSSR count).